The number of aryl methyl sites for hydroxylation is 2. The molecular weight excluding hydrogens is 258 g/mol. The monoisotopic (exact) mass is 273 g/mol. The number of hydrogen-bond donors (Lipinski definition) is 0. The van der Waals surface area contributed by atoms with E-state index in [0.29, 0.717) is 17.9 Å². The Morgan fingerprint density at radius 1 is 1.10 bits per heavy atom. The van der Waals surface area contributed by atoms with Crippen LogP contribution in [-0.4, -0.2) is 27.8 Å². The number of aromatic nitrogens is 3. The Morgan fingerprint density at radius 3 is 2.40 bits per heavy atom. The first-order chi connectivity index (χ1) is 9.60. The van der Waals surface area contributed by atoms with E-state index in [1.54, 1.807) is 31.2 Å². The van der Waals surface area contributed by atoms with Crippen LogP contribution >= 0.6 is 0 Å². The minimum Gasteiger partial charge on any atom is -0.462 e. The summed E-state index contributed by atoms with van der Waals surface area (Å²) >= 11 is 0. The van der Waals surface area contributed by atoms with Crippen molar-refractivity contribution in [2.45, 2.75) is 20.8 Å². The van der Waals surface area contributed by atoms with Crippen molar-refractivity contribution in [2.24, 2.45) is 0 Å². The number of esters is 1. The van der Waals surface area contributed by atoms with Gasteiger partial charge < -0.3 is 9.47 Å². The Kier molecular flexibility index (Phi) is 4.24. The van der Waals surface area contributed by atoms with Crippen LogP contribution in [0.3, 0.4) is 0 Å². The molecule has 1 aromatic heterocycles. The summed E-state index contributed by atoms with van der Waals surface area (Å²) in [6.07, 6.45) is 0. The molecule has 0 aliphatic carbocycles. The largest absolute Gasteiger partial charge is 0.462 e. The molecule has 0 radical (unpaired) electrons. The van der Waals surface area contributed by atoms with Crippen LogP contribution in [0.4, 0.5) is 0 Å². The van der Waals surface area contributed by atoms with Gasteiger partial charge in [-0.2, -0.15) is 4.98 Å². The average molecular weight is 273 g/mol. The minimum absolute atomic E-state index is 0.178. The van der Waals surface area contributed by atoms with E-state index in [-0.39, 0.29) is 12.0 Å². The number of carbonyl (C=O) groups is 1. The Morgan fingerprint density at radius 2 is 1.80 bits per heavy atom. The van der Waals surface area contributed by atoms with Crippen molar-refractivity contribution < 1.29 is 14.3 Å². The van der Waals surface area contributed by atoms with Gasteiger partial charge in [-0.3, -0.25) is 0 Å². The molecule has 6 nitrogen and oxygen atoms in total. The molecule has 0 saturated carbocycles. The minimum atomic E-state index is -0.358. The lowest BCUT2D eigenvalue weighted by Crippen LogP contribution is -2.04. The Balaban J connectivity index is 2.10. The average Bonchev–Trinajstić information content (AvgIpc) is 2.44. The smallest absolute Gasteiger partial charge is 0.341 e. The summed E-state index contributed by atoms with van der Waals surface area (Å²) in [5, 5.41) is 7.78. The first-order valence-corrected chi connectivity index (χ1v) is 6.23. The molecular formula is C14H15N3O3. The van der Waals surface area contributed by atoms with Crippen molar-refractivity contribution in [1.82, 2.24) is 15.2 Å². The van der Waals surface area contributed by atoms with Gasteiger partial charge in [0.25, 0.3) is 0 Å². The highest BCUT2D eigenvalue weighted by Gasteiger charge is 2.08. The lowest BCUT2D eigenvalue weighted by atomic mass is 10.2. The summed E-state index contributed by atoms with van der Waals surface area (Å²) in [4.78, 5) is 15.7. The summed E-state index contributed by atoms with van der Waals surface area (Å²) in [7, 11) is 0. The van der Waals surface area contributed by atoms with Crippen molar-refractivity contribution in [1.29, 1.82) is 0 Å². The molecule has 2 rings (SSSR count). The van der Waals surface area contributed by atoms with Gasteiger partial charge in [0, 0.05) is 0 Å². The molecule has 0 amide bonds. The van der Waals surface area contributed by atoms with Crippen LogP contribution in [0.15, 0.2) is 24.3 Å². The van der Waals surface area contributed by atoms with Crippen molar-refractivity contribution in [3.63, 3.8) is 0 Å². The van der Waals surface area contributed by atoms with Crippen molar-refractivity contribution >= 4 is 5.97 Å². The van der Waals surface area contributed by atoms with Gasteiger partial charge in [0.2, 0.25) is 0 Å². The van der Waals surface area contributed by atoms with Gasteiger partial charge in [-0.1, -0.05) is 5.10 Å². The van der Waals surface area contributed by atoms with Crippen molar-refractivity contribution in [3.8, 4) is 11.8 Å². The zero-order valence-electron chi connectivity index (χ0n) is 11.6. The second-order valence-electron chi connectivity index (χ2n) is 4.11. The van der Waals surface area contributed by atoms with Gasteiger partial charge in [-0.05, 0) is 45.0 Å². The van der Waals surface area contributed by atoms with Crippen LogP contribution in [0.5, 0.6) is 11.8 Å². The fourth-order valence-corrected chi connectivity index (χ4v) is 1.46. The van der Waals surface area contributed by atoms with E-state index >= 15 is 0 Å². The fraction of sp³-hybridized carbons (Fsp3) is 0.286. The van der Waals surface area contributed by atoms with Gasteiger partial charge in [0.05, 0.1) is 23.6 Å². The van der Waals surface area contributed by atoms with E-state index in [1.807, 2.05) is 13.8 Å². The quantitative estimate of drug-likeness (QED) is 0.796. The van der Waals surface area contributed by atoms with Gasteiger partial charge in [-0.25, -0.2) is 4.79 Å². The SMILES string of the molecule is CCOC(=O)c1ccc(Oc2nnc(C)c(C)n2)cc1. The van der Waals surface area contributed by atoms with Gasteiger partial charge in [0.15, 0.2) is 0 Å². The highest BCUT2D eigenvalue weighted by Crippen LogP contribution is 2.18. The molecule has 0 saturated heterocycles. The molecule has 2 aromatic rings. The molecule has 1 aromatic carbocycles. The molecule has 1 heterocycles. The molecule has 6 heteroatoms. The molecule has 0 bridgehead atoms. The predicted octanol–water partition coefficient (Wildman–Crippen LogP) is 2.46. The Labute approximate surface area is 116 Å². The van der Waals surface area contributed by atoms with Crippen LogP contribution in [0, 0.1) is 13.8 Å². The van der Waals surface area contributed by atoms with E-state index < -0.39 is 0 Å². The van der Waals surface area contributed by atoms with E-state index in [2.05, 4.69) is 15.2 Å². The lowest BCUT2D eigenvalue weighted by molar-refractivity contribution is 0.0526. The number of carbonyl (C=O) groups excluding carboxylic acids is 1. The van der Waals surface area contributed by atoms with E-state index in [9.17, 15) is 4.79 Å². The highest BCUT2D eigenvalue weighted by molar-refractivity contribution is 5.89. The summed E-state index contributed by atoms with van der Waals surface area (Å²) in [5.41, 5.74) is 1.99. The second kappa shape index (κ2) is 6.10. The van der Waals surface area contributed by atoms with Crippen LogP contribution in [0.2, 0.25) is 0 Å². The summed E-state index contributed by atoms with van der Waals surface area (Å²) in [6.45, 7) is 5.77. The number of benzene rings is 1. The third-order valence-electron chi connectivity index (χ3n) is 2.65. The summed E-state index contributed by atoms with van der Waals surface area (Å²) in [5.74, 6) is 0.172. The molecule has 0 unspecified atom stereocenters. The van der Waals surface area contributed by atoms with E-state index in [0.717, 1.165) is 11.4 Å². The van der Waals surface area contributed by atoms with Crippen LogP contribution in [-0.2, 0) is 4.74 Å². The Bertz CT molecular complexity index is 612. The van der Waals surface area contributed by atoms with Crippen molar-refractivity contribution in [3.05, 3.63) is 41.2 Å². The summed E-state index contributed by atoms with van der Waals surface area (Å²) < 4.78 is 10.4. The zero-order valence-corrected chi connectivity index (χ0v) is 11.6. The Hall–Kier alpha value is -2.50. The lowest BCUT2D eigenvalue weighted by Gasteiger charge is -2.05. The van der Waals surface area contributed by atoms with E-state index in [1.165, 1.54) is 0 Å². The normalized spacial score (nSPS) is 10.2. The third-order valence-corrected chi connectivity index (χ3v) is 2.65. The molecule has 104 valence electrons. The molecule has 0 aliphatic heterocycles. The van der Waals surface area contributed by atoms with Crippen molar-refractivity contribution in [2.75, 3.05) is 6.61 Å². The first kappa shape index (κ1) is 13.9. The topological polar surface area (TPSA) is 74.2 Å². The molecule has 0 spiro atoms. The first-order valence-electron chi connectivity index (χ1n) is 6.23. The molecule has 0 aliphatic rings. The van der Waals surface area contributed by atoms with Crippen LogP contribution in [0.25, 0.3) is 0 Å². The number of rotatable bonds is 4. The van der Waals surface area contributed by atoms with Gasteiger partial charge in [-0.15, -0.1) is 5.10 Å². The molecule has 20 heavy (non-hydrogen) atoms. The molecule has 0 atom stereocenters. The highest BCUT2D eigenvalue weighted by atomic mass is 16.5. The van der Waals surface area contributed by atoms with Gasteiger partial charge >= 0.3 is 12.0 Å². The second-order valence-corrected chi connectivity index (χ2v) is 4.11. The third kappa shape index (κ3) is 3.28. The predicted molar refractivity (Wildman–Crippen MR) is 71.8 cm³/mol. The maximum absolute atomic E-state index is 11.5. The van der Waals surface area contributed by atoms with E-state index in [4.69, 9.17) is 9.47 Å². The molecule has 0 fully saturated rings. The maximum Gasteiger partial charge on any atom is 0.341 e. The summed E-state index contributed by atoms with van der Waals surface area (Å²) in [6, 6.07) is 6.75. The zero-order chi connectivity index (χ0) is 14.5. The van der Waals surface area contributed by atoms with Gasteiger partial charge in [0.1, 0.15) is 5.75 Å². The van der Waals surface area contributed by atoms with Crippen LogP contribution < -0.4 is 4.74 Å². The number of ether oxygens (including phenoxy) is 2. The fourth-order valence-electron chi connectivity index (χ4n) is 1.46. The number of nitrogens with zero attached hydrogens (tertiary/aromatic N) is 3. The molecule has 0 N–H and O–H groups in total. The number of hydrogen-bond acceptors (Lipinski definition) is 6. The maximum atomic E-state index is 11.5. The van der Waals surface area contributed by atoms with Crippen LogP contribution in [0.1, 0.15) is 28.7 Å². The standard InChI is InChI=1S/C14H15N3O3/c1-4-19-13(18)11-5-7-12(8-6-11)20-14-15-9(2)10(3)16-17-14/h5-8H,4H2,1-3H3.